The molecule has 2 aromatic rings. The molecule has 0 aliphatic carbocycles. The Morgan fingerprint density at radius 1 is 1.11 bits per heavy atom. The number of benzene rings is 1. The highest BCUT2D eigenvalue weighted by atomic mass is 16.5. The van der Waals surface area contributed by atoms with E-state index >= 15 is 0 Å². The average Bonchev–Trinajstić information content (AvgIpc) is 2.37. The van der Waals surface area contributed by atoms with Gasteiger partial charge in [0, 0.05) is 5.56 Å². The Labute approximate surface area is 111 Å². The van der Waals surface area contributed by atoms with Gasteiger partial charge < -0.3 is 4.74 Å². The highest BCUT2D eigenvalue weighted by Gasteiger charge is 2.13. The van der Waals surface area contributed by atoms with Crippen molar-refractivity contribution < 1.29 is 4.74 Å². The summed E-state index contributed by atoms with van der Waals surface area (Å²) < 4.78 is 4.89. The van der Waals surface area contributed by atoms with Crippen LogP contribution >= 0.6 is 0 Å². The molecule has 1 heterocycles. The summed E-state index contributed by atoms with van der Waals surface area (Å²) in [5.74, 6) is 0.456. The highest BCUT2D eigenvalue weighted by molar-refractivity contribution is 5.55. The zero-order valence-electron chi connectivity index (χ0n) is 11.5. The molecule has 1 N–H and O–H groups in total. The maximum Gasteiger partial charge on any atom is 0.351 e. The first-order valence-corrected chi connectivity index (χ1v) is 6.03. The molecule has 0 aliphatic heterocycles. The smallest absolute Gasteiger partial charge is 0.351 e. The normalized spacial score (nSPS) is 11.4. The van der Waals surface area contributed by atoms with Crippen LogP contribution in [-0.2, 0) is 5.41 Å². The first-order valence-electron chi connectivity index (χ1n) is 6.03. The van der Waals surface area contributed by atoms with Gasteiger partial charge in [-0.1, -0.05) is 45.0 Å². The zero-order chi connectivity index (χ0) is 14.0. The van der Waals surface area contributed by atoms with Crippen LogP contribution < -0.4 is 10.4 Å². The predicted molar refractivity (Wildman–Crippen MR) is 73.3 cm³/mol. The van der Waals surface area contributed by atoms with Gasteiger partial charge in [-0.05, 0) is 11.0 Å². The van der Waals surface area contributed by atoms with Gasteiger partial charge in [-0.15, -0.1) is 4.98 Å². The Kier molecular flexibility index (Phi) is 3.38. The van der Waals surface area contributed by atoms with E-state index in [4.69, 9.17) is 4.74 Å². The third kappa shape index (κ3) is 2.99. The second kappa shape index (κ2) is 4.84. The summed E-state index contributed by atoms with van der Waals surface area (Å²) in [5, 5.41) is 0. The molecule has 19 heavy (non-hydrogen) atoms. The summed E-state index contributed by atoms with van der Waals surface area (Å²) in [5.41, 5.74) is 1.67. The number of aromatic nitrogens is 3. The lowest BCUT2D eigenvalue weighted by Crippen LogP contribution is -2.14. The first-order chi connectivity index (χ1) is 8.90. The Morgan fingerprint density at radius 2 is 1.74 bits per heavy atom. The summed E-state index contributed by atoms with van der Waals surface area (Å²) in [6.45, 7) is 6.45. The average molecular weight is 259 g/mol. The molecule has 5 heteroatoms. The zero-order valence-corrected chi connectivity index (χ0v) is 11.5. The van der Waals surface area contributed by atoms with Crippen molar-refractivity contribution in [2.24, 2.45) is 0 Å². The molecule has 2 rings (SSSR count). The maximum absolute atomic E-state index is 11.4. The summed E-state index contributed by atoms with van der Waals surface area (Å²) >= 11 is 0. The molecule has 0 saturated carbocycles. The number of hydrogen-bond donors (Lipinski definition) is 1. The molecule has 1 aromatic carbocycles. The summed E-state index contributed by atoms with van der Waals surface area (Å²) in [4.78, 5) is 21.7. The number of nitrogens with zero attached hydrogens (tertiary/aromatic N) is 2. The Hall–Kier alpha value is -2.17. The van der Waals surface area contributed by atoms with E-state index in [9.17, 15) is 4.79 Å². The fourth-order valence-electron chi connectivity index (χ4n) is 1.72. The van der Waals surface area contributed by atoms with Crippen LogP contribution in [0.1, 0.15) is 26.3 Å². The SMILES string of the molecule is COc1nc(-c2ccc(C(C)(C)C)cc2)[nH]c(=O)n1. The van der Waals surface area contributed by atoms with Crippen LogP contribution in [0.2, 0.25) is 0 Å². The Morgan fingerprint density at radius 3 is 2.26 bits per heavy atom. The van der Waals surface area contributed by atoms with E-state index in [0.29, 0.717) is 5.82 Å². The van der Waals surface area contributed by atoms with Crippen LogP contribution in [0, 0.1) is 0 Å². The molecule has 0 amide bonds. The number of nitrogens with one attached hydrogen (secondary N) is 1. The van der Waals surface area contributed by atoms with Crippen molar-refractivity contribution in [3.05, 3.63) is 40.3 Å². The third-order valence-corrected chi connectivity index (χ3v) is 2.84. The predicted octanol–water partition coefficient (Wildman–Crippen LogP) is 2.14. The fourth-order valence-corrected chi connectivity index (χ4v) is 1.72. The first kappa shape index (κ1) is 13.3. The molecule has 0 unspecified atom stereocenters. The second-order valence-electron chi connectivity index (χ2n) is 5.32. The second-order valence-corrected chi connectivity index (χ2v) is 5.32. The van der Waals surface area contributed by atoms with Gasteiger partial charge >= 0.3 is 11.7 Å². The van der Waals surface area contributed by atoms with Crippen LogP contribution in [0.3, 0.4) is 0 Å². The van der Waals surface area contributed by atoms with E-state index in [0.717, 1.165) is 5.56 Å². The minimum Gasteiger partial charge on any atom is -0.467 e. The molecular formula is C14H17N3O2. The van der Waals surface area contributed by atoms with E-state index in [-0.39, 0.29) is 11.4 Å². The topological polar surface area (TPSA) is 67.9 Å². The molecule has 0 spiro atoms. The van der Waals surface area contributed by atoms with Gasteiger partial charge in [0.1, 0.15) is 5.82 Å². The number of hydrogen-bond acceptors (Lipinski definition) is 4. The van der Waals surface area contributed by atoms with Crippen molar-refractivity contribution in [1.29, 1.82) is 0 Å². The third-order valence-electron chi connectivity index (χ3n) is 2.84. The van der Waals surface area contributed by atoms with Gasteiger partial charge in [-0.3, -0.25) is 4.98 Å². The van der Waals surface area contributed by atoms with E-state index < -0.39 is 5.69 Å². The highest BCUT2D eigenvalue weighted by Crippen LogP contribution is 2.24. The van der Waals surface area contributed by atoms with Crippen molar-refractivity contribution in [2.75, 3.05) is 7.11 Å². The van der Waals surface area contributed by atoms with Crippen LogP contribution in [0.25, 0.3) is 11.4 Å². The van der Waals surface area contributed by atoms with Gasteiger partial charge in [-0.2, -0.15) is 4.98 Å². The van der Waals surface area contributed by atoms with Crippen molar-refractivity contribution >= 4 is 0 Å². The van der Waals surface area contributed by atoms with Crippen molar-refractivity contribution in [3.63, 3.8) is 0 Å². The monoisotopic (exact) mass is 259 g/mol. The van der Waals surface area contributed by atoms with Gasteiger partial charge in [0.25, 0.3) is 0 Å². The minimum atomic E-state index is -0.471. The molecule has 0 atom stereocenters. The fraction of sp³-hybridized carbons (Fsp3) is 0.357. The van der Waals surface area contributed by atoms with Gasteiger partial charge in [-0.25, -0.2) is 4.79 Å². The van der Waals surface area contributed by atoms with Crippen molar-refractivity contribution in [3.8, 4) is 17.4 Å². The van der Waals surface area contributed by atoms with Crippen molar-refractivity contribution in [2.45, 2.75) is 26.2 Å². The number of rotatable bonds is 2. The Balaban J connectivity index is 2.43. The standard InChI is InChI=1S/C14H17N3O2/c1-14(2,3)10-7-5-9(6-8-10)11-15-12(18)17-13(16-11)19-4/h5-8H,1-4H3,(H,15,16,17,18). The van der Waals surface area contributed by atoms with Gasteiger partial charge in [0.05, 0.1) is 7.11 Å². The molecule has 0 radical (unpaired) electrons. The molecule has 0 bridgehead atoms. The number of methoxy groups -OCH3 is 1. The molecule has 1 aromatic heterocycles. The van der Waals surface area contributed by atoms with E-state index in [1.807, 2.05) is 24.3 Å². The van der Waals surface area contributed by atoms with Crippen LogP contribution in [0.15, 0.2) is 29.1 Å². The van der Waals surface area contributed by atoms with Crippen LogP contribution in [0.5, 0.6) is 6.01 Å². The number of H-pyrrole nitrogens is 1. The summed E-state index contributed by atoms with van der Waals surface area (Å²) in [6, 6.07) is 7.99. The molecule has 0 aliphatic rings. The summed E-state index contributed by atoms with van der Waals surface area (Å²) in [7, 11) is 1.43. The van der Waals surface area contributed by atoms with E-state index in [1.54, 1.807) is 0 Å². The number of ether oxygens (including phenoxy) is 1. The lowest BCUT2D eigenvalue weighted by Gasteiger charge is -2.19. The molecule has 5 nitrogen and oxygen atoms in total. The number of aromatic amines is 1. The quantitative estimate of drug-likeness (QED) is 0.897. The van der Waals surface area contributed by atoms with Crippen LogP contribution in [-0.4, -0.2) is 22.1 Å². The van der Waals surface area contributed by atoms with Gasteiger partial charge in [0.2, 0.25) is 0 Å². The largest absolute Gasteiger partial charge is 0.467 e. The molecule has 100 valence electrons. The van der Waals surface area contributed by atoms with E-state index in [1.165, 1.54) is 12.7 Å². The van der Waals surface area contributed by atoms with E-state index in [2.05, 4.69) is 35.7 Å². The summed E-state index contributed by atoms with van der Waals surface area (Å²) in [6.07, 6.45) is 0. The Bertz CT molecular complexity index is 624. The minimum absolute atomic E-state index is 0.0682. The molecular weight excluding hydrogens is 242 g/mol. The lowest BCUT2D eigenvalue weighted by atomic mass is 9.87. The molecule has 0 fully saturated rings. The molecule has 0 saturated heterocycles. The van der Waals surface area contributed by atoms with Gasteiger partial charge in [0.15, 0.2) is 0 Å². The maximum atomic E-state index is 11.4. The lowest BCUT2D eigenvalue weighted by molar-refractivity contribution is 0.377. The van der Waals surface area contributed by atoms with Crippen LogP contribution in [0.4, 0.5) is 0 Å². The van der Waals surface area contributed by atoms with Crippen molar-refractivity contribution in [1.82, 2.24) is 15.0 Å².